The van der Waals surface area contributed by atoms with Gasteiger partial charge in [-0.2, -0.15) is 0 Å². The first kappa shape index (κ1) is 23.6. The van der Waals surface area contributed by atoms with Gasteiger partial charge in [0.05, 0.1) is 28.4 Å². The lowest BCUT2D eigenvalue weighted by atomic mass is 9.69. The fourth-order valence-electron chi connectivity index (χ4n) is 7.18. The Balaban J connectivity index is 1.22. The van der Waals surface area contributed by atoms with Crippen LogP contribution in [0.5, 0.6) is 0 Å². The fraction of sp³-hybridized carbons (Fsp3) is 0.593. The number of fused-ring (bicyclic) bond motifs is 3. The number of cyclic esters (lactones) is 2. The predicted octanol–water partition coefficient (Wildman–Crippen LogP) is 1.53. The molecule has 5 aliphatic heterocycles. The molecule has 6 rings (SSSR count). The topological polar surface area (TPSA) is 99.6 Å². The third-order valence-corrected chi connectivity index (χ3v) is 9.10. The molecule has 1 aromatic rings. The number of aliphatic hydroxyl groups is 1. The van der Waals surface area contributed by atoms with Gasteiger partial charge in [0.1, 0.15) is 13.2 Å². The summed E-state index contributed by atoms with van der Waals surface area (Å²) in [6.45, 7) is 6.90. The molecule has 0 aromatic heterocycles. The van der Waals surface area contributed by atoms with Crippen molar-refractivity contribution in [1.29, 1.82) is 0 Å². The fourth-order valence-corrected chi connectivity index (χ4v) is 7.18. The Morgan fingerprint density at radius 3 is 2.42 bits per heavy atom. The van der Waals surface area contributed by atoms with E-state index in [1.54, 1.807) is 17.9 Å². The first-order chi connectivity index (χ1) is 17.2. The monoisotopic (exact) mass is 495 g/mol. The molecule has 5 heterocycles. The van der Waals surface area contributed by atoms with E-state index >= 15 is 0 Å². The number of hydrogen-bond acceptors (Lipinski definition) is 8. The summed E-state index contributed by atoms with van der Waals surface area (Å²) in [5, 5.41) is 11.3. The van der Waals surface area contributed by atoms with Gasteiger partial charge in [0, 0.05) is 43.8 Å². The minimum Gasteiger partial charge on any atom is -0.457 e. The molecule has 0 saturated carbocycles. The molecule has 1 N–H and O–H groups in total. The Kier molecular flexibility index (Phi) is 5.51. The van der Waals surface area contributed by atoms with Crippen LogP contribution >= 0.6 is 0 Å². The molecule has 9 nitrogen and oxygen atoms in total. The number of aliphatic hydroxyl groups excluding tert-OH is 1. The number of esters is 2. The second-order valence-electron chi connectivity index (χ2n) is 11.2. The second kappa shape index (κ2) is 8.39. The first-order valence-corrected chi connectivity index (χ1v) is 12.8. The number of benzene rings is 1. The van der Waals surface area contributed by atoms with Crippen molar-refractivity contribution in [3.63, 3.8) is 0 Å². The molecule has 3 saturated heterocycles. The van der Waals surface area contributed by atoms with Crippen LogP contribution in [0.15, 0.2) is 23.4 Å². The molecule has 0 unspecified atom stereocenters. The molecular formula is C27H33N3O6. The summed E-state index contributed by atoms with van der Waals surface area (Å²) in [7, 11) is 2.12. The lowest BCUT2D eigenvalue weighted by molar-refractivity contribution is -0.144. The van der Waals surface area contributed by atoms with Gasteiger partial charge in [0.2, 0.25) is 5.91 Å². The molecule has 1 spiro atoms. The Hall–Kier alpha value is -2.75. The second-order valence-corrected chi connectivity index (χ2v) is 11.2. The molecule has 192 valence electrons. The van der Waals surface area contributed by atoms with Crippen molar-refractivity contribution in [1.82, 2.24) is 14.7 Å². The van der Waals surface area contributed by atoms with Crippen LogP contribution in [0.25, 0.3) is 0 Å². The number of carbonyl (C=O) groups is 3. The maximum absolute atomic E-state index is 13.8. The van der Waals surface area contributed by atoms with Gasteiger partial charge < -0.3 is 24.4 Å². The molecule has 0 radical (unpaired) electrons. The zero-order valence-corrected chi connectivity index (χ0v) is 21.1. The summed E-state index contributed by atoms with van der Waals surface area (Å²) >= 11 is 0. The SMILES string of the molecule is CC1=C(N2CC[C@]3(C[C@H]4CN(C)C[C@@H](C3)N4C[C@H](O)c3ccc4c(c3C)COC4=O)C2=O)COC1=O. The summed E-state index contributed by atoms with van der Waals surface area (Å²) in [5.74, 6) is -0.518. The van der Waals surface area contributed by atoms with Crippen molar-refractivity contribution < 1.29 is 29.0 Å². The molecule has 1 aromatic carbocycles. The van der Waals surface area contributed by atoms with E-state index < -0.39 is 11.5 Å². The van der Waals surface area contributed by atoms with Crippen LogP contribution in [-0.2, 0) is 25.7 Å². The zero-order chi connectivity index (χ0) is 25.4. The number of likely N-dealkylation sites (tertiary alicyclic amines) is 2. The summed E-state index contributed by atoms with van der Waals surface area (Å²) in [6.07, 6.45) is 1.56. The van der Waals surface area contributed by atoms with Crippen LogP contribution in [0.4, 0.5) is 0 Å². The summed E-state index contributed by atoms with van der Waals surface area (Å²) in [5.41, 5.74) is 4.03. The van der Waals surface area contributed by atoms with Crippen molar-refractivity contribution in [3.8, 4) is 0 Å². The van der Waals surface area contributed by atoms with Crippen molar-refractivity contribution in [2.75, 3.05) is 39.8 Å². The third-order valence-electron chi connectivity index (χ3n) is 9.10. The van der Waals surface area contributed by atoms with Crippen LogP contribution in [-0.4, -0.2) is 89.6 Å². The van der Waals surface area contributed by atoms with Crippen LogP contribution in [0.2, 0.25) is 0 Å². The van der Waals surface area contributed by atoms with E-state index in [9.17, 15) is 19.5 Å². The average Bonchev–Trinajstić information content (AvgIpc) is 3.47. The molecule has 36 heavy (non-hydrogen) atoms. The normalized spacial score (nSPS) is 31.3. The molecule has 9 heteroatoms. The standard InChI is InChI=1S/C27H33N3O6/c1-15-19(4-5-20-21(15)13-35-25(20)33)23(31)12-30-17-8-27(9-18(30)11-28(3)10-17)6-7-29(26(27)34)22-14-36-24(32)16(22)2/h4-5,17-18,23,31H,6-14H2,1-3H3/t17-,18+,23-,27+/m0/s1. The van der Waals surface area contributed by atoms with Gasteiger partial charge in [-0.1, -0.05) is 6.07 Å². The van der Waals surface area contributed by atoms with Gasteiger partial charge >= 0.3 is 11.9 Å². The van der Waals surface area contributed by atoms with E-state index in [0.717, 1.165) is 54.7 Å². The minimum atomic E-state index is -0.696. The van der Waals surface area contributed by atoms with E-state index in [2.05, 4.69) is 16.8 Å². The maximum atomic E-state index is 13.8. The Morgan fingerprint density at radius 2 is 1.75 bits per heavy atom. The third kappa shape index (κ3) is 3.51. The van der Waals surface area contributed by atoms with Gasteiger partial charge in [0.15, 0.2) is 0 Å². The number of likely N-dealkylation sites (N-methyl/N-ethyl adjacent to an activating group) is 1. The quantitative estimate of drug-likeness (QED) is 0.628. The summed E-state index contributed by atoms with van der Waals surface area (Å²) in [6, 6.07) is 3.91. The highest BCUT2D eigenvalue weighted by molar-refractivity contribution is 5.94. The number of ether oxygens (including phenoxy) is 2. The minimum absolute atomic E-state index is 0.119. The summed E-state index contributed by atoms with van der Waals surface area (Å²) < 4.78 is 10.4. The van der Waals surface area contributed by atoms with E-state index in [0.29, 0.717) is 24.2 Å². The molecule has 4 atom stereocenters. The van der Waals surface area contributed by atoms with Gasteiger partial charge in [-0.3, -0.25) is 9.69 Å². The highest BCUT2D eigenvalue weighted by atomic mass is 16.5. The maximum Gasteiger partial charge on any atom is 0.338 e. The largest absolute Gasteiger partial charge is 0.457 e. The van der Waals surface area contributed by atoms with Crippen LogP contribution in [0.3, 0.4) is 0 Å². The number of rotatable bonds is 4. The van der Waals surface area contributed by atoms with Crippen molar-refractivity contribution >= 4 is 17.8 Å². The van der Waals surface area contributed by atoms with Crippen molar-refractivity contribution in [2.24, 2.45) is 5.41 Å². The van der Waals surface area contributed by atoms with E-state index in [4.69, 9.17) is 9.47 Å². The van der Waals surface area contributed by atoms with Crippen LogP contribution in [0, 0.1) is 12.3 Å². The van der Waals surface area contributed by atoms with Crippen LogP contribution in [0.1, 0.15) is 59.3 Å². The van der Waals surface area contributed by atoms with Crippen molar-refractivity contribution in [3.05, 3.63) is 45.7 Å². The molecule has 5 aliphatic rings. The van der Waals surface area contributed by atoms with Gasteiger partial charge in [-0.15, -0.1) is 0 Å². The Morgan fingerprint density at radius 1 is 1.06 bits per heavy atom. The van der Waals surface area contributed by atoms with Gasteiger partial charge in [0.25, 0.3) is 0 Å². The van der Waals surface area contributed by atoms with Gasteiger partial charge in [-0.05, 0) is 57.4 Å². The zero-order valence-electron chi connectivity index (χ0n) is 21.1. The van der Waals surface area contributed by atoms with Gasteiger partial charge in [-0.25, -0.2) is 9.59 Å². The smallest absolute Gasteiger partial charge is 0.338 e. The average molecular weight is 496 g/mol. The number of nitrogens with zero attached hydrogens (tertiary/aromatic N) is 3. The first-order valence-electron chi connectivity index (χ1n) is 12.8. The Bertz CT molecular complexity index is 1180. The molecule has 2 bridgehead atoms. The molecular weight excluding hydrogens is 462 g/mol. The highest BCUT2D eigenvalue weighted by Gasteiger charge is 2.56. The molecule has 1 amide bonds. The summed E-state index contributed by atoms with van der Waals surface area (Å²) in [4.78, 5) is 44.1. The number of carbonyl (C=O) groups excluding carboxylic acids is 3. The van der Waals surface area contributed by atoms with E-state index in [1.165, 1.54) is 0 Å². The Labute approximate surface area is 210 Å². The van der Waals surface area contributed by atoms with E-state index in [1.807, 2.05) is 13.0 Å². The number of amides is 1. The lowest BCUT2D eigenvalue weighted by Crippen LogP contribution is -2.65. The predicted molar refractivity (Wildman–Crippen MR) is 129 cm³/mol. The van der Waals surface area contributed by atoms with Crippen LogP contribution < -0.4 is 0 Å². The van der Waals surface area contributed by atoms with Crippen molar-refractivity contribution in [2.45, 2.75) is 57.9 Å². The number of hydrogen-bond donors (Lipinski definition) is 1. The van der Waals surface area contributed by atoms with E-state index in [-0.39, 0.29) is 43.1 Å². The molecule has 3 fully saturated rings. The number of piperazine rings is 1. The number of piperidine rings is 1. The highest BCUT2D eigenvalue weighted by Crippen LogP contribution is 2.49. The lowest BCUT2D eigenvalue weighted by Gasteiger charge is -2.54. The molecule has 0 aliphatic carbocycles.